The number of pyridine rings is 2. The van der Waals surface area contributed by atoms with E-state index in [0.29, 0.717) is 18.4 Å². The van der Waals surface area contributed by atoms with Crippen molar-refractivity contribution >= 4 is 26.8 Å². The van der Waals surface area contributed by atoms with Gasteiger partial charge in [0.15, 0.2) is 0 Å². The molecule has 0 aliphatic carbocycles. The van der Waals surface area contributed by atoms with Gasteiger partial charge in [0.25, 0.3) is 0 Å². The third-order valence-electron chi connectivity index (χ3n) is 5.02. The normalized spacial score (nSPS) is 17.0. The molecule has 1 amide bonds. The molecule has 1 atom stereocenters. The predicted molar refractivity (Wildman–Crippen MR) is 109 cm³/mol. The van der Waals surface area contributed by atoms with Crippen LogP contribution in [0.1, 0.15) is 24.0 Å². The maximum atomic E-state index is 13.7. The summed E-state index contributed by atoms with van der Waals surface area (Å²) in [4.78, 5) is 20.2. The van der Waals surface area contributed by atoms with Gasteiger partial charge >= 0.3 is 0 Å². The lowest BCUT2D eigenvalue weighted by atomic mass is 10.1. The zero-order chi connectivity index (χ0) is 20.4. The van der Waals surface area contributed by atoms with Gasteiger partial charge < -0.3 is 5.32 Å². The lowest BCUT2D eigenvalue weighted by Crippen LogP contribution is -2.41. The molecule has 1 N–H and O–H groups in total. The molecule has 2 aromatic heterocycles. The Labute approximate surface area is 169 Å². The van der Waals surface area contributed by atoms with E-state index in [1.54, 1.807) is 36.8 Å². The molecule has 150 valence electrons. The largest absolute Gasteiger partial charge is 0.352 e. The van der Waals surface area contributed by atoms with Gasteiger partial charge in [-0.25, -0.2) is 8.42 Å². The van der Waals surface area contributed by atoms with Crippen LogP contribution in [0.25, 0.3) is 10.9 Å². The molecule has 0 radical (unpaired) electrons. The first-order chi connectivity index (χ1) is 13.9. The number of aryl methyl sites for hydroxylation is 1. The third kappa shape index (κ3) is 4.13. The van der Waals surface area contributed by atoms with Crippen LogP contribution in [-0.4, -0.2) is 41.2 Å². The van der Waals surface area contributed by atoms with E-state index in [1.165, 1.54) is 4.31 Å². The van der Waals surface area contributed by atoms with E-state index in [1.807, 2.05) is 25.1 Å². The maximum Gasteiger partial charge on any atom is 0.245 e. The highest BCUT2D eigenvalue weighted by atomic mass is 32.2. The van der Waals surface area contributed by atoms with Crippen molar-refractivity contribution in [2.75, 3.05) is 6.54 Å². The van der Waals surface area contributed by atoms with Crippen LogP contribution in [0, 0.1) is 6.92 Å². The molecule has 1 aromatic carbocycles. The number of nitrogens with one attached hydrogen (secondary N) is 1. The van der Waals surface area contributed by atoms with Gasteiger partial charge in [-0.05, 0) is 48.7 Å². The second-order valence-electron chi connectivity index (χ2n) is 7.30. The summed E-state index contributed by atoms with van der Waals surface area (Å²) >= 11 is 0. The van der Waals surface area contributed by atoms with Crippen LogP contribution < -0.4 is 5.32 Å². The van der Waals surface area contributed by atoms with Crippen molar-refractivity contribution in [3.05, 3.63) is 66.1 Å². The fourth-order valence-corrected chi connectivity index (χ4v) is 5.36. The van der Waals surface area contributed by atoms with E-state index in [2.05, 4.69) is 15.3 Å². The third-order valence-corrected chi connectivity index (χ3v) is 6.85. The maximum absolute atomic E-state index is 13.7. The summed E-state index contributed by atoms with van der Waals surface area (Å²) in [6, 6.07) is 10.6. The van der Waals surface area contributed by atoms with Crippen LogP contribution in [0.2, 0.25) is 0 Å². The van der Waals surface area contributed by atoms with Crippen LogP contribution in [0.3, 0.4) is 0 Å². The molecule has 1 aliphatic rings. The number of benzene rings is 1. The smallest absolute Gasteiger partial charge is 0.245 e. The first-order valence-corrected chi connectivity index (χ1v) is 10.9. The predicted octanol–water partition coefficient (Wildman–Crippen LogP) is 2.41. The van der Waals surface area contributed by atoms with Gasteiger partial charge in [0.2, 0.25) is 15.9 Å². The quantitative estimate of drug-likeness (QED) is 0.674. The zero-order valence-electron chi connectivity index (χ0n) is 16.1. The molecule has 29 heavy (non-hydrogen) atoms. The summed E-state index contributed by atoms with van der Waals surface area (Å²) in [5, 5.41) is 3.65. The molecule has 3 aromatic rings. The molecule has 1 saturated heterocycles. The number of hydrogen-bond acceptors (Lipinski definition) is 5. The Morgan fingerprint density at radius 3 is 2.76 bits per heavy atom. The lowest BCUT2D eigenvalue weighted by Gasteiger charge is -2.25. The summed E-state index contributed by atoms with van der Waals surface area (Å²) in [7, 11) is -3.86. The van der Waals surface area contributed by atoms with E-state index in [-0.39, 0.29) is 29.9 Å². The van der Waals surface area contributed by atoms with Crippen LogP contribution in [0.15, 0.2) is 59.9 Å². The topological polar surface area (TPSA) is 92.3 Å². The van der Waals surface area contributed by atoms with Gasteiger partial charge in [0.1, 0.15) is 4.90 Å². The van der Waals surface area contributed by atoms with Gasteiger partial charge in [-0.15, -0.1) is 0 Å². The minimum atomic E-state index is -3.86. The number of carbonyl (C=O) groups excluding carboxylic acids is 1. The van der Waals surface area contributed by atoms with Crippen molar-refractivity contribution in [3.63, 3.8) is 0 Å². The number of aromatic nitrogens is 2. The van der Waals surface area contributed by atoms with Crippen molar-refractivity contribution < 1.29 is 13.2 Å². The minimum Gasteiger partial charge on any atom is -0.352 e. The second-order valence-corrected chi connectivity index (χ2v) is 9.21. The monoisotopic (exact) mass is 410 g/mol. The molecule has 3 heterocycles. The summed E-state index contributed by atoms with van der Waals surface area (Å²) in [6.45, 7) is 2.24. The SMILES string of the molecule is Cc1cc(S(=O)(=O)N(Cc2cccnc2)C[C@@H]2CCC(=O)N2)c2ncccc2c1. The number of fused-ring (bicyclic) bond motifs is 1. The number of hydrogen-bond donors (Lipinski definition) is 1. The van der Waals surface area contributed by atoms with Crippen LogP contribution >= 0.6 is 0 Å². The lowest BCUT2D eigenvalue weighted by molar-refractivity contribution is -0.119. The molecule has 1 aliphatic heterocycles. The number of amides is 1. The Hall–Kier alpha value is -2.84. The van der Waals surface area contributed by atoms with E-state index in [0.717, 1.165) is 16.5 Å². The van der Waals surface area contributed by atoms with Crippen molar-refractivity contribution in [1.82, 2.24) is 19.6 Å². The molecule has 0 saturated carbocycles. The Morgan fingerprint density at radius 2 is 2.03 bits per heavy atom. The Bertz CT molecular complexity index is 1150. The minimum absolute atomic E-state index is 0.0450. The van der Waals surface area contributed by atoms with Crippen molar-refractivity contribution in [2.45, 2.75) is 37.2 Å². The standard InChI is InChI=1S/C21H22N4O3S/c1-15-10-17-5-3-9-23-21(17)19(11-15)29(27,28)25(13-16-4-2-8-22-12-16)14-18-6-7-20(26)24-18/h2-5,8-12,18H,6-7,13-14H2,1H3,(H,24,26)/t18-/m0/s1. The highest BCUT2D eigenvalue weighted by Crippen LogP contribution is 2.27. The van der Waals surface area contributed by atoms with E-state index < -0.39 is 10.0 Å². The number of sulfonamides is 1. The molecule has 8 heteroatoms. The van der Waals surface area contributed by atoms with Crippen LogP contribution in [0.4, 0.5) is 0 Å². The summed E-state index contributed by atoms with van der Waals surface area (Å²) in [5.74, 6) is -0.0450. The molecule has 0 bridgehead atoms. The summed E-state index contributed by atoms with van der Waals surface area (Å²) in [5.41, 5.74) is 2.08. The molecule has 0 spiro atoms. The van der Waals surface area contributed by atoms with Crippen molar-refractivity contribution in [1.29, 1.82) is 0 Å². The van der Waals surface area contributed by atoms with Crippen molar-refractivity contribution in [3.8, 4) is 0 Å². The van der Waals surface area contributed by atoms with E-state index >= 15 is 0 Å². The first-order valence-electron chi connectivity index (χ1n) is 9.47. The van der Waals surface area contributed by atoms with Gasteiger partial charge in [-0.1, -0.05) is 12.1 Å². The fraction of sp³-hybridized carbons (Fsp3) is 0.286. The molecule has 7 nitrogen and oxygen atoms in total. The number of nitrogens with zero attached hydrogens (tertiary/aromatic N) is 3. The molecule has 4 rings (SSSR count). The highest BCUT2D eigenvalue weighted by Gasteiger charge is 2.32. The number of rotatable bonds is 6. The Kier molecular flexibility index (Phi) is 5.29. The highest BCUT2D eigenvalue weighted by molar-refractivity contribution is 7.89. The zero-order valence-corrected chi connectivity index (χ0v) is 16.9. The second kappa shape index (κ2) is 7.88. The number of carbonyl (C=O) groups is 1. The van der Waals surface area contributed by atoms with Gasteiger partial charge in [-0.2, -0.15) is 4.31 Å². The van der Waals surface area contributed by atoms with Crippen molar-refractivity contribution in [2.24, 2.45) is 0 Å². The average Bonchev–Trinajstić information content (AvgIpc) is 3.12. The van der Waals surface area contributed by atoms with E-state index in [9.17, 15) is 13.2 Å². The Morgan fingerprint density at radius 1 is 1.21 bits per heavy atom. The first kappa shape index (κ1) is 19.5. The molecule has 1 fully saturated rings. The summed E-state index contributed by atoms with van der Waals surface area (Å²) < 4.78 is 28.9. The molecular weight excluding hydrogens is 388 g/mol. The van der Waals surface area contributed by atoms with E-state index in [4.69, 9.17) is 0 Å². The van der Waals surface area contributed by atoms with Gasteiger partial charge in [0, 0.05) is 49.5 Å². The average molecular weight is 410 g/mol. The Balaban J connectivity index is 1.77. The molecule has 0 unspecified atom stereocenters. The van der Waals surface area contributed by atoms with Crippen LogP contribution in [-0.2, 0) is 21.4 Å². The van der Waals surface area contributed by atoms with Gasteiger partial charge in [-0.3, -0.25) is 14.8 Å². The fourth-order valence-electron chi connectivity index (χ4n) is 3.64. The van der Waals surface area contributed by atoms with Crippen LogP contribution in [0.5, 0.6) is 0 Å². The molecular formula is C21H22N4O3S. The van der Waals surface area contributed by atoms with Gasteiger partial charge in [0.05, 0.1) is 5.52 Å². The summed E-state index contributed by atoms with van der Waals surface area (Å²) in [6.07, 6.45) is 5.93.